The molecule has 0 aliphatic carbocycles. The number of halogens is 2. The van der Waals surface area contributed by atoms with Gasteiger partial charge in [0.15, 0.2) is 0 Å². The van der Waals surface area contributed by atoms with Crippen molar-refractivity contribution >= 4 is 44.4 Å². The lowest BCUT2D eigenvalue weighted by molar-refractivity contribution is 0.0788. The number of benzene rings is 1. The molecule has 3 nitrogen and oxygen atoms in total. The molecule has 92 valence electrons. The van der Waals surface area contributed by atoms with E-state index in [1.54, 1.807) is 0 Å². The fraction of sp³-hybridized carbons (Fsp3) is 0.417. The minimum Gasteiger partial charge on any atom is -0.337 e. The summed E-state index contributed by atoms with van der Waals surface area (Å²) in [7, 11) is 1.95. The summed E-state index contributed by atoms with van der Waals surface area (Å²) >= 11 is 5.62. The fourth-order valence-corrected chi connectivity index (χ4v) is 2.94. The monoisotopic (exact) mass is 408 g/mol. The van der Waals surface area contributed by atoms with Crippen molar-refractivity contribution in [2.24, 2.45) is 0 Å². The molecule has 1 atom stereocenters. The highest BCUT2D eigenvalue weighted by Crippen LogP contribution is 2.21. The molecule has 0 spiro atoms. The zero-order chi connectivity index (χ0) is 12.4. The van der Waals surface area contributed by atoms with E-state index in [9.17, 15) is 4.79 Å². The first kappa shape index (κ1) is 13.3. The van der Waals surface area contributed by atoms with Crippen molar-refractivity contribution in [3.63, 3.8) is 0 Å². The first-order valence-electron chi connectivity index (χ1n) is 5.53. The van der Waals surface area contributed by atoms with Crippen molar-refractivity contribution in [1.82, 2.24) is 10.2 Å². The third kappa shape index (κ3) is 3.00. The number of likely N-dealkylation sites (N-methyl/N-ethyl adjacent to an activating group) is 1. The lowest BCUT2D eigenvalue weighted by atomic mass is 10.2. The third-order valence-corrected chi connectivity index (χ3v) is 4.48. The van der Waals surface area contributed by atoms with Gasteiger partial charge in [0, 0.05) is 27.2 Å². The van der Waals surface area contributed by atoms with Gasteiger partial charge in [-0.05, 0) is 54.3 Å². The largest absolute Gasteiger partial charge is 0.337 e. The molecule has 1 unspecified atom stereocenters. The number of carbonyl (C=O) groups is 1. The number of carbonyl (C=O) groups excluding carboxylic acids is 1. The van der Waals surface area contributed by atoms with Crippen LogP contribution in [0.4, 0.5) is 0 Å². The SMILES string of the molecule is CNC1CCN(C(=O)c2cc(Br)ccc2I)C1. The number of likely N-dealkylation sites (tertiary alicyclic amines) is 1. The molecule has 0 bridgehead atoms. The smallest absolute Gasteiger partial charge is 0.255 e. The molecule has 5 heteroatoms. The Labute approximate surface area is 123 Å². The van der Waals surface area contributed by atoms with Gasteiger partial charge in [-0.1, -0.05) is 15.9 Å². The summed E-state index contributed by atoms with van der Waals surface area (Å²) in [5.74, 6) is 0.133. The molecule has 1 aliphatic rings. The van der Waals surface area contributed by atoms with Crippen LogP contribution >= 0.6 is 38.5 Å². The molecule has 1 heterocycles. The Balaban J connectivity index is 2.17. The quantitative estimate of drug-likeness (QED) is 0.762. The van der Waals surface area contributed by atoms with Gasteiger partial charge >= 0.3 is 0 Å². The van der Waals surface area contributed by atoms with Crippen LogP contribution in [0.5, 0.6) is 0 Å². The van der Waals surface area contributed by atoms with Crippen molar-refractivity contribution in [2.45, 2.75) is 12.5 Å². The lowest BCUT2D eigenvalue weighted by Crippen LogP contribution is -2.33. The van der Waals surface area contributed by atoms with Crippen LogP contribution < -0.4 is 5.32 Å². The maximum absolute atomic E-state index is 12.4. The number of nitrogens with one attached hydrogen (secondary N) is 1. The zero-order valence-electron chi connectivity index (χ0n) is 9.54. The first-order chi connectivity index (χ1) is 8.11. The third-order valence-electron chi connectivity index (χ3n) is 3.04. The van der Waals surface area contributed by atoms with Gasteiger partial charge in [0.25, 0.3) is 5.91 Å². The number of rotatable bonds is 2. The van der Waals surface area contributed by atoms with Crippen molar-refractivity contribution in [3.8, 4) is 0 Å². The van der Waals surface area contributed by atoms with Crippen LogP contribution in [-0.4, -0.2) is 37.0 Å². The summed E-state index contributed by atoms with van der Waals surface area (Å²) in [6, 6.07) is 6.25. The van der Waals surface area contributed by atoms with Gasteiger partial charge in [-0.15, -0.1) is 0 Å². The van der Waals surface area contributed by atoms with E-state index in [0.29, 0.717) is 6.04 Å². The molecule has 1 aliphatic heterocycles. The molecule has 1 fully saturated rings. The summed E-state index contributed by atoms with van der Waals surface area (Å²) in [6.45, 7) is 1.64. The van der Waals surface area contributed by atoms with Gasteiger partial charge in [-0.2, -0.15) is 0 Å². The van der Waals surface area contributed by atoms with E-state index in [1.165, 1.54) is 0 Å². The summed E-state index contributed by atoms with van der Waals surface area (Å²) in [5, 5.41) is 3.22. The van der Waals surface area contributed by atoms with Crippen molar-refractivity contribution in [3.05, 3.63) is 31.8 Å². The van der Waals surface area contributed by atoms with Crippen LogP contribution in [0, 0.1) is 3.57 Å². The maximum Gasteiger partial charge on any atom is 0.255 e. The number of nitrogens with zero attached hydrogens (tertiary/aromatic N) is 1. The topological polar surface area (TPSA) is 32.3 Å². The lowest BCUT2D eigenvalue weighted by Gasteiger charge is -2.17. The van der Waals surface area contributed by atoms with Crippen LogP contribution in [0.3, 0.4) is 0 Å². The van der Waals surface area contributed by atoms with Gasteiger partial charge < -0.3 is 10.2 Å². The fourth-order valence-electron chi connectivity index (χ4n) is 2.01. The van der Waals surface area contributed by atoms with Crippen molar-refractivity contribution in [2.75, 3.05) is 20.1 Å². The first-order valence-corrected chi connectivity index (χ1v) is 7.40. The van der Waals surface area contributed by atoms with E-state index in [-0.39, 0.29) is 5.91 Å². The summed E-state index contributed by atoms with van der Waals surface area (Å²) in [4.78, 5) is 14.3. The highest BCUT2D eigenvalue weighted by atomic mass is 127. The average Bonchev–Trinajstić information content (AvgIpc) is 2.80. The Morgan fingerprint density at radius 3 is 3.00 bits per heavy atom. The highest BCUT2D eigenvalue weighted by Gasteiger charge is 2.26. The van der Waals surface area contributed by atoms with Gasteiger partial charge in [0.2, 0.25) is 0 Å². The molecular weight excluding hydrogens is 395 g/mol. The molecule has 1 N–H and O–H groups in total. The molecular formula is C12H14BrIN2O. The summed E-state index contributed by atoms with van der Waals surface area (Å²) in [5.41, 5.74) is 0.789. The Morgan fingerprint density at radius 2 is 2.35 bits per heavy atom. The second kappa shape index (κ2) is 5.67. The van der Waals surface area contributed by atoms with Crippen molar-refractivity contribution in [1.29, 1.82) is 0 Å². The number of hydrogen-bond acceptors (Lipinski definition) is 2. The molecule has 0 radical (unpaired) electrons. The zero-order valence-corrected chi connectivity index (χ0v) is 13.3. The number of hydrogen-bond donors (Lipinski definition) is 1. The second-order valence-electron chi connectivity index (χ2n) is 4.15. The van der Waals surface area contributed by atoms with E-state index in [2.05, 4.69) is 43.8 Å². The predicted octanol–water partition coefficient (Wildman–Crippen LogP) is 2.49. The Morgan fingerprint density at radius 1 is 1.59 bits per heavy atom. The second-order valence-corrected chi connectivity index (χ2v) is 6.23. The van der Waals surface area contributed by atoms with E-state index in [4.69, 9.17) is 0 Å². The Kier molecular flexibility index (Phi) is 4.43. The minimum absolute atomic E-state index is 0.133. The standard InChI is InChI=1S/C12H14BrIN2O/c1-15-9-4-5-16(7-9)12(17)10-6-8(13)2-3-11(10)14/h2-3,6,9,15H,4-5,7H2,1H3. The Bertz CT molecular complexity index is 439. The minimum atomic E-state index is 0.133. The Hall–Kier alpha value is -0.140. The maximum atomic E-state index is 12.4. The molecule has 17 heavy (non-hydrogen) atoms. The molecule has 0 saturated carbocycles. The summed E-state index contributed by atoms with van der Waals surface area (Å²) < 4.78 is 1.95. The van der Waals surface area contributed by atoms with Crippen LogP contribution in [0.1, 0.15) is 16.8 Å². The van der Waals surface area contributed by atoms with Gasteiger partial charge in [-0.25, -0.2) is 0 Å². The van der Waals surface area contributed by atoms with Crippen LogP contribution in [-0.2, 0) is 0 Å². The highest BCUT2D eigenvalue weighted by molar-refractivity contribution is 14.1. The van der Waals surface area contributed by atoms with Gasteiger partial charge in [0.1, 0.15) is 0 Å². The van der Waals surface area contributed by atoms with Crippen LogP contribution in [0.2, 0.25) is 0 Å². The van der Waals surface area contributed by atoms with Crippen LogP contribution in [0.15, 0.2) is 22.7 Å². The molecule has 1 amide bonds. The van der Waals surface area contributed by atoms with E-state index >= 15 is 0 Å². The van der Waals surface area contributed by atoms with E-state index in [0.717, 1.165) is 33.1 Å². The van der Waals surface area contributed by atoms with Gasteiger partial charge in [0.05, 0.1) is 5.56 Å². The number of amides is 1. The van der Waals surface area contributed by atoms with Crippen molar-refractivity contribution < 1.29 is 4.79 Å². The summed E-state index contributed by atoms with van der Waals surface area (Å²) in [6.07, 6.45) is 1.03. The van der Waals surface area contributed by atoms with E-state index < -0.39 is 0 Å². The van der Waals surface area contributed by atoms with E-state index in [1.807, 2.05) is 30.1 Å². The molecule has 1 aromatic rings. The van der Waals surface area contributed by atoms with Gasteiger partial charge in [-0.3, -0.25) is 4.79 Å². The van der Waals surface area contributed by atoms with Crippen LogP contribution in [0.25, 0.3) is 0 Å². The molecule has 2 rings (SSSR count). The average molecular weight is 409 g/mol. The molecule has 0 aromatic heterocycles. The normalized spacial score (nSPS) is 19.7. The molecule has 1 saturated heterocycles. The predicted molar refractivity (Wildman–Crippen MR) is 80.2 cm³/mol. The molecule has 1 aromatic carbocycles.